The zero-order chi connectivity index (χ0) is 32.5. The molecule has 0 aliphatic heterocycles. The van der Waals surface area contributed by atoms with Crippen molar-refractivity contribution in [1.29, 1.82) is 0 Å². The highest BCUT2D eigenvalue weighted by molar-refractivity contribution is 6.16. The van der Waals surface area contributed by atoms with Crippen LogP contribution in [0.3, 0.4) is 0 Å². The number of fused-ring (bicyclic) bond motifs is 13. The van der Waals surface area contributed by atoms with E-state index in [0.717, 1.165) is 66.0 Å². The molecule has 0 spiro atoms. The van der Waals surface area contributed by atoms with Gasteiger partial charge in [-0.15, -0.1) is 0 Å². The van der Waals surface area contributed by atoms with Gasteiger partial charge in [-0.1, -0.05) is 72.8 Å². The number of aromatic nitrogens is 2. The van der Waals surface area contributed by atoms with Crippen LogP contribution in [0.5, 0.6) is 0 Å². The predicted octanol–water partition coefficient (Wildman–Crippen LogP) is 12.8. The molecule has 0 unspecified atom stereocenters. The van der Waals surface area contributed by atoms with Crippen LogP contribution in [-0.2, 0) is 0 Å². The van der Waals surface area contributed by atoms with Gasteiger partial charge < -0.3 is 18.0 Å². The number of nitrogens with zero attached hydrogens (tertiary/aromatic N) is 2. The molecule has 0 N–H and O–H groups in total. The molecule has 0 amide bonds. The summed E-state index contributed by atoms with van der Waals surface area (Å²) in [5.41, 5.74) is 10.4. The van der Waals surface area contributed by atoms with E-state index >= 15 is 0 Å². The molecule has 4 aromatic heterocycles. The van der Waals surface area contributed by atoms with Gasteiger partial charge in [0.25, 0.3) is 0 Å². The summed E-state index contributed by atoms with van der Waals surface area (Å²) in [6, 6.07) is 56.4. The minimum atomic E-state index is 0.871. The molecule has 0 bridgehead atoms. The van der Waals surface area contributed by atoms with Crippen molar-refractivity contribution in [3.63, 3.8) is 0 Å². The summed E-state index contributed by atoms with van der Waals surface area (Å²) in [6.45, 7) is 0. The van der Waals surface area contributed by atoms with Crippen LogP contribution in [0, 0.1) is 0 Å². The van der Waals surface area contributed by atoms with E-state index in [4.69, 9.17) is 8.83 Å². The van der Waals surface area contributed by atoms with Crippen LogP contribution < -0.4 is 0 Å². The van der Waals surface area contributed by atoms with Crippen molar-refractivity contribution >= 4 is 98.3 Å². The number of rotatable bonds is 2. The van der Waals surface area contributed by atoms with Crippen molar-refractivity contribution in [2.24, 2.45) is 0 Å². The lowest BCUT2D eigenvalue weighted by Crippen LogP contribution is -1.93. The number of hydrogen-bond donors (Lipinski definition) is 0. The number of para-hydroxylation sites is 4. The molecular formula is C46H26N2O2. The molecule has 4 heterocycles. The van der Waals surface area contributed by atoms with E-state index in [1.165, 1.54) is 43.6 Å². The molecule has 0 fully saturated rings. The van der Waals surface area contributed by atoms with Gasteiger partial charge in [-0.05, 0) is 83.6 Å². The molecule has 0 aliphatic rings. The predicted molar refractivity (Wildman–Crippen MR) is 207 cm³/mol. The highest BCUT2D eigenvalue weighted by Gasteiger charge is 2.17. The van der Waals surface area contributed by atoms with Crippen molar-refractivity contribution in [3.8, 4) is 11.4 Å². The molecule has 0 aliphatic carbocycles. The summed E-state index contributed by atoms with van der Waals surface area (Å²) in [7, 11) is 0. The molecule has 232 valence electrons. The molecule has 0 saturated carbocycles. The molecular weight excluding hydrogens is 613 g/mol. The van der Waals surface area contributed by atoms with E-state index < -0.39 is 0 Å². The zero-order valence-corrected chi connectivity index (χ0v) is 26.7. The maximum Gasteiger partial charge on any atom is 0.137 e. The van der Waals surface area contributed by atoms with Gasteiger partial charge in [-0.2, -0.15) is 0 Å². The van der Waals surface area contributed by atoms with Gasteiger partial charge in [-0.25, -0.2) is 0 Å². The van der Waals surface area contributed by atoms with Crippen molar-refractivity contribution in [2.45, 2.75) is 0 Å². The molecule has 12 aromatic rings. The topological polar surface area (TPSA) is 36.1 Å². The molecule has 50 heavy (non-hydrogen) atoms. The Morgan fingerprint density at radius 3 is 1.02 bits per heavy atom. The summed E-state index contributed by atoms with van der Waals surface area (Å²) in [5, 5.41) is 11.7. The van der Waals surface area contributed by atoms with Gasteiger partial charge in [0.15, 0.2) is 0 Å². The lowest BCUT2D eigenvalue weighted by Gasteiger charge is -2.07. The second-order valence-corrected chi connectivity index (χ2v) is 13.3. The third kappa shape index (κ3) is 3.44. The van der Waals surface area contributed by atoms with E-state index in [1.807, 2.05) is 0 Å². The largest absolute Gasteiger partial charge is 0.456 e. The Hall–Kier alpha value is -6.78. The first-order valence-corrected chi connectivity index (χ1v) is 17.0. The number of hydrogen-bond acceptors (Lipinski definition) is 2. The third-order valence-electron chi connectivity index (χ3n) is 10.7. The van der Waals surface area contributed by atoms with Gasteiger partial charge in [0.1, 0.15) is 22.3 Å². The molecule has 4 nitrogen and oxygen atoms in total. The number of furan rings is 2. The SMILES string of the molecule is c1ccc2c(c1)c1ccccc1n2-c1ccc2c(c1)oc1cc3cc4oc5cc(-n6c7ccccc7c7ccccc76)ccc5c4cc3cc12. The molecule has 0 saturated heterocycles. The second-order valence-electron chi connectivity index (χ2n) is 13.3. The van der Waals surface area contributed by atoms with Gasteiger partial charge in [0.05, 0.1) is 22.1 Å². The maximum atomic E-state index is 6.58. The Kier molecular flexibility index (Phi) is 4.94. The Morgan fingerprint density at radius 2 is 0.620 bits per heavy atom. The second kappa shape index (κ2) is 9.43. The van der Waals surface area contributed by atoms with E-state index in [-0.39, 0.29) is 0 Å². The van der Waals surface area contributed by atoms with Crippen LogP contribution in [-0.4, -0.2) is 9.13 Å². The first kappa shape index (κ1) is 26.2. The third-order valence-corrected chi connectivity index (χ3v) is 10.7. The van der Waals surface area contributed by atoms with E-state index in [0.29, 0.717) is 0 Å². The first-order valence-electron chi connectivity index (χ1n) is 17.0. The normalized spacial score (nSPS) is 12.4. The molecule has 0 atom stereocenters. The average Bonchev–Trinajstić information content (AvgIpc) is 3.89. The van der Waals surface area contributed by atoms with E-state index in [1.54, 1.807) is 0 Å². The van der Waals surface area contributed by atoms with Crippen LogP contribution in [0.2, 0.25) is 0 Å². The van der Waals surface area contributed by atoms with Crippen LogP contribution >= 0.6 is 0 Å². The minimum Gasteiger partial charge on any atom is -0.456 e. The molecule has 4 heteroatoms. The fraction of sp³-hybridized carbons (Fsp3) is 0. The summed E-state index contributed by atoms with van der Waals surface area (Å²) >= 11 is 0. The van der Waals surface area contributed by atoms with Gasteiger partial charge in [-0.3, -0.25) is 0 Å². The summed E-state index contributed by atoms with van der Waals surface area (Å²) in [5.74, 6) is 0. The van der Waals surface area contributed by atoms with Crippen LogP contribution in [0.1, 0.15) is 0 Å². The molecule has 0 radical (unpaired) electrons. The van der Waals surface area contributed by atoms with Gasteiger partial charge in [0.2, 0.25) is 0 Å². The molecule has 8 aromatic carbocycles. The standard InChI is InChI=1S/C46H26N2O2/c1-5-13-39-31(9-1)32-10-2-6-14-40(32)47(39)29-17-19-35-37-21-27-22-38-36-20-18-30(48-41-15-7-3-11-33(41)34-12-4-8-16-42(34)48)26-46(36)50-44(38)24-28(27)23-43(37)49-45(35)25-29/h1-26H. The summed E-state index contributed by atoms with van der Waals surface area (Å²) < 4.78 is 17.8. The lowest BCUT2D eigenvalue weighted by atomic mass is 10.0. The van der Waals surface area contributed by atoms with Crippen LogP contribution in [0.15, 0.2) is 167 Å². The van der Waals surface area contributed by atoms with Crippen molar-refractivity contribution in [3.05, 3.63) is 158 Å². The fourth-order valence-corrected chi connectivity index (χ4v) is 8.45. The number of benzene rings is 8. The van der Waals surface area contributed by atoms with Crippen LogP contribution in [0.4, 0.5) is 0 Å². The van der Waals surface area contributed by atoms with Gasteiger partial charge in [0, 0.05) is 66.6 Å². The highest BCUT2D eigenvalue weighted by Crippen LogP contribution is 2.40. The Bertz CT molecular complexity index is 3060. The summed E-state index contributed by atoms with van der Waals surface area (Å²) in [4.78, 5) is 0. The van der Waals surface area contributed by atoms with E-state index in [2.05, 4.69) is 167 Å². The lowest BCUT2D eigenvalue weighted by molar-refractivity contribution is 0.668. The van der Waals surface area contributed by atoms with Gasteiger partial charge >= 0.3 is 0 Å². The Labute approximate surface area is 284 Å². The fourth-order valence-electron chi connectivity index (χ4n) is 8.45. The van der Waals surface area contributed by atoms with E-state index in [9.17, 15) is 0 Å². The first-order chi connectivity index (χ1) is 24.8. The quantitative estimate of drug-likeness (QED) is 0.189. The molecule has 12 rings (SSSR count). The summed E-state index contributed by atoms with van der Waals surface area (Å²) in [6.07, 6.45) is 0. The monoisotopic (exact) mass is 638 g/mol. The Morgan fingerprint density at radius 1 is 0.280 bits per heavy atom. The maximum absolute atomic E-state index is 6.58. The Balaban J connectivity index is 1.02. The van der Waals surface area contributed by atoms with Crippen molar-refractivity contribution in [2.75, 3.05) is 0 Å². The smallest absolute Gasteiger partial charge is 0.137 e. The highest BCUT2D eigenvalue weighted by atomic mass is 16.3. The zero-order valence-electron chi connectivity index (χ0n) is 26.7. The van der Waals surface area contributed by atoms with Crippen molar-refractivity contribution in [1.82, 2.24) is 9.13 Å². The minimum absolute atomic E-state index is 0.871. The average molecular weight is 639 g/mol. The van der Waals surface area contributed by atoms with Crippen molar-refractivity contribution < 1.29 is 8.83 Å². The van der Waals surface area contributed by atoms with Crippen LogP contribution in [0.25, 0.3) is 110 Å².